The van der Waals surface area contributed by atoms with Gasteiger partial charge in [-0.3, -0.25) is 0 Å². The van der Waals surface area contributed by atoms with Gasteiger partial charge in [0, 0.05) is 21.4 Å². The highest BCUT2D eigenvalue weighted by atomic mass is 35.5. The lowest BCUT2D eigenvalue weighted by Crippen LogP contribution is -1.83. The van der Waals surface area contributed by atoms with Gasteiger partial charge < -0.3 is 4.42 Å². The van der Waals surface area contributed by atoms with E-state index < -0.39 is 0 Å². The van der Waals surface area contributed by atoms with Crippen LogP contribution in [-0.4, -0.2) is 0 Å². The van der Waals surface area contributed by atoms with E-state index in [-0.39, 0.29) is 0 Å². The summed E-state index contributed by atoms with van der Waals surface area (Å²) in [7, 11) is 0. The average molecular weight is 355 g/mol. The largest absolute Gasteiger partial charge is 0.456 e. The molecule has 0 fully saturated rings. The number of benzene rings is 4. The van der Waals surface area contributed by atoms with Crippen LogP contribution in [0, 0.1) is 0 Å². The van der Waals surface area contributed by atoms with Gasteiger partial charge in [-0.05, 0) is 41.0 Å². The predicted octanol–water partition coefficient (Wildman–Crippen LogP) is 7.57. The van der Waals surface area contributed by atoms with Crippen LogP contribution in [0.1, 0.15) is 0 Å². The van der Waals surface area contributed by atoms with Gasteiger partial charge in [-0.1, -0.05) is 78.3 Å². The number of hydrogen-bond donors (Lipinski definition) is 0. The van der Waals surface area contributed by atoms with Crippen LogP contribution in [0.25, 0.3) is 44.2 Å². The molecular formula is C24H15ClO. The van der Waals surface area contributed by atoms with Crippen LogP contribution in [0.3, 0.4) is 0 Å². The fourth-order valence-electron chi connectivity index (χ4n) is 3.45. The van der Waals surface area contributed by atoms with Crippen molar-refractivity contribution in [3.05, 3.63) is 96.0 Å². The van der Waals surface area contributed by atoms with Gasteiger partial charge in [0.2, 0.25) is 0 Å². The number of fused-ring (bicyclic) bond motifs is 3. The van der Waals surface area contributed by atoms with E-state index in [1.165, 1.54) is 0 Å². The van der Waals surface area contributed by atoms with Crippen LogP contribution >= 0.6 is 11.6 Å². The van der Waals surface area contributed by atoms with Gasteiger partial charge in [-0.2, -0.15) is 0 Å². The van der Waals surface area contributed by atoms with E-state index in [9.17, 15) is 0 Å². The Morgan fingerprint density at radius 3 is 2.12 bits per heavy atom. The highest BCUT2D eigenvalue weighted by molar-refractivity contribution is 6.33. The van der Waals surface area contributed by atoms with Crippen molar-refractivity contribution in [3.8, 4) is 22.3 Å². The van der Waals surface area contributed by atoms with Gasteiger partial charge in [0.1, 0.15) is 11.2 Å². The lowest BCUT2D eigenvalue weighted by Gasteiger charge is -2.08. The molecule has 4 aromatic carbocycles. The Labute approximate surface area is 156 Å². The third-order valence-electron chi connectivity index (χ3n) is 4.76. The van der Waals surface area contributed by atoms with Crippen molar-refractivity contribution in [2.24, 2.45) is 0 Å². The maximum absolute atomic E-state index is 6.63. The van der Waals surface area contributed by atoms with Crippen LogP contribution < -0.4 is 0 Å². The van der Waals surface area contributed by atoms with Crippen molar-refractivity contribution < 1.29 is 4.42 Å². The van der Waals surface area contributed by atoms with E-state index in [4.69, 9.17) is 16.0 Å². The molecule has 0 N–H and O–H groups in total. The standard InChI is InChI=1S/C24H15ClO/c25-22-15-17(16-6-2-1-3-7-16)10-12-19(22)18-11-13-24-21(14-18)20-8-4-5-9-23(20)26-24/h1-15H. The number of hydrogen-bond acceptors (Lipinski definition) is 1. The summed E-state index contributed by atoms with van der Waals surface area (Å²) in [5, 5.41) is 2.99. The highest BCUT2D eigenvalue weighted by Crippen LogP contribution is 2.36. The van der Waals surface area contributed by atoms with E-state index >= 15 is 0 Å². The molecule has 0 atom stereocenters. The molecule has 0 unspecified atom stereocenters. The average Bonchev–Trinajstić information content (AvgIpc) is 3.06. The van der Waals surface area contributed by atoms with Crippen molar-refractivity contribution in [1.82, 2.24) is 0 Å². The summed E-state index contributed by atoms with van der Waals surface area (Å²) in [6, 6.07) is 30.9. The minimum atomic E-state index is 0.749. The number of para-hydroxylation sites is 1. The molecule has 1 heterocycles. The molecule has 5 aromatic rings. The summed E-state index contributed by atoms with van der Waals surface area (Å²) < 4.78 is 5.92. The minimum Gasteiger partial charge on any atom is -0.456 e. The monoisotopic (exact) mass is 354 g/mol. The lowest BCUT2D eigenvalue weighted by molar-refractivity contribution is 0.669. The second-order valence-corrected chi connectivity index (χ2v) is 6.78. The Hall–Kier alpha value is -3.03. The van der Waals surface area contributed by atoms with E-state index in [1.807, 2.05) is 48.5 Å². The first-order valence-electron chi connectivity index (χ1n) is 8.56. The maximum Gasteiger partial charge on any atom is 0.135 e. The number of rotatable bonds is 2. The molecule has 0 radical (unpaired) electrons. The number of halogens is 1. The Kier molecular flexibility index (Phi) is 3.55. The maximum atomic E-state index is 6.63. The quantitative estimate of drug-likeness (QED) is 0.318. The summed E-state index contributed by atoms with van der Waals surface area (Å²) in [5.74, 6) is 0. The van der Waals surface area contributed by atoms with Crippen molar-refractivity contribution >= 4 is 33.5 Å². The van der Waals surface area contributed by atoms with Crippen LogP contribution in [0.4, 0.5) is 0 Å². The summed E-state index contributed by atoms with van der Waals surface area (Å²) in [6.45, 7) is 0. The Morgan fingerprint density at radius 1 is 0.538 bits per heavy atom. The summed E-state index contributed by atoms with van der Waals surface area (Å²) in [5.41, 5.74) is 6.20. The molecular weight excluding hydrogens is 340 g/mol. The molecule has 0 amide bonds. The first-order chi connectivity index (χ1) is 12.8. The van der Waals surface area contributed by atoms with E-state index in [1.54, 1.807) is 0 Å². The van der Waals surface area contributed by atoms with Crippen molar-refractivity contribution in [2.75, 3.05) is 0 Å². The number of furan rings is 1. The van der Waals surface area contributed by atoms with E-state index in [0.717, 1.165) is 49.2 Å². The normalized spacial score (nSPS) is 11.3. The van der Waals surface area contributed by atoms with Gasteiger partial charge in [0.25, 0.3) is 0 Å². The van der Waals surface area contributed by atoms with Crippen LogP contribution in [-0.2, 0) is 0 Å². The van der Waals surface area contributed by atoms with Crippen LogP contribution in [0.5, 0.6) is 0 Å². The highest BCUT2D eigenvalue weighted by Gasteiger charge is 2.10. The molecule has 1 aromatic heterocycles. The smallest absolute Gasteiger partial charge is 0.135 e. The van der Waals surface area contributed by atoms with Crippen LogP contribution in [0.15, 0.2) is 95.4 Å². The van der Waals surface area contributed by atoms with Gasteiger partial charge in [-0.25, -0.2) is 0 Å². The summed E-state index contributed by atoms with van der Waals surface area (Å²) in [6.07, 6.45) is 0. The second-order valence-electron chi connectivity index (χ2n) is 6.37. The molecule has 0 saturated heterocycles. The molecule has 124 valence electrons. The summed E-state index contributed by atoms with van der Waals surface area (Å²) in [4.78, 5) is 0. The predicted molar refractivity (Wildman–Crippen MR) is 110 cm³/mol. The SMILES string of the molecule is Clc1cc(-c2ccccc2)ccc1-c1ccc2oc3ccccc3c2c1. The molecule has 0 saturated carbocycles. The molecule has 0 spiro atoms. The van der Waals surface area contributed by atoms with E-state index in [2.05, 4.69) is 42.5 Å². The lowest BCUT2D eigenvalue weighted by atomic mass is 9.99. The van der Waals surface area contributed by atoms with Crippen molar-refractivity contribution in [1.29, 1.82) is 0 Å². The molecule has 2 heteroatoms. The van der Waals surface area contributed by atoms with Gasteiger partial charge in [-0.15, -0.1) is 0 Å². The topological polar surface area (TPSA) is 13.1 Å². The second kappa shape index (κ2) is 6.05. The molecule has 0 bridgehead atoms. The fraction of sp³-hybridized carbons (Fsp3) is 0. The Morgan fingerprint density at radius 2 is 1.27 bits per heavy atom. The molecule has 0 aliphatic carbocycles. The van der Waals surface area contributed by atoms with Crippen molar-refractivity contribution in [2.45, 2.75) is 0 Å². The van der Waals surface area contributed by atoms with Gasteiger partial charge in [0.15, 0.2) is 0 Å². The van der Waals surface area contributed by atoms with E-state index in [0.29, 0.717) is 0 Å². The fourth-order valence-corrected chi connectivity index (χ4v) is 3.74. The van der Waals surface area contributed by atoms with Crippen molar-refractivity contribution in [3.63, 3.8) is 0 Å². The molecule has 0 aliphatic heterocycles. The van der Waals surface area contributed by atoms with Crippen LogP contribution in [0.2, 0.25) is 5.02 Å². The van der Waals surface area contributed by atoms with Gasteiger partial charge >= 0.3 is 0 Å². The zero-order chi connectivity index (χ0) is 17.5. The third kappa shape index (κ3) is 2.49. The molecule has 26 heavy (non-hydrogen) atoms. The third-order valence-corrected chi connectivity index (χ3v) is 5.08. The Balaban J connectivity index is 1.64. The molecule has 0 aliphatic rings. The first-order valence-corrected chi connectivity index (χ1v) is 8.94. The Bertz CT molecular complexity index is 1240. The molecule has 5 rings (SSSR count). The molecule has 1 nitrogen and oxygen atoms in total. The zero-order valence-corrected chi connectivity index (χ0v) is 14.7. The minimum absolute atomic E-state index is 0.749. The summed E-state index contributed by atoms with van der Waals surface area (Å²) >= 11 is 6.63. The zero-order valence-electron chi connectivity index (χ0n) is 13.9. The first kappa shape index (κ1) is 15.2. The van der Waals surface area contributed by atoms with Gasteiger partial charge in [0.05, 0.1) is 0 Å².